The van der Waals surface area contributed by atoms with Gasteiger partial charge in [-0.2, -0.15) is 0 Å². The molecule has 2 amide bonds. The van der Waals surface area contributed by atoms with E-state index in [-0.39, 0.29) is 29.1 Å². The SMILES string of the molecule is CC(=O)N(CCCCCCCCCc1ccccc1)N1C(=O)C(=S=O)C1Cc1ccccc1. The molecule has 0 saturated carbocycles. The minimum Gasteiger partial charge on any atom is -0.273 e. The molecule has 0 bridgehead atoms. The van der Waals surface area contributed by atoms with Crippen LogP contribution < -0.4 is 0 Å². The van der Waals surface area contributed by atoms with Crippen molar-refractivity contribution in [3.63, 3.8) is 0 Å². The summed E-state index contributed by atoms with van der Waals surface area (Å²) in [5, 5.41) is 3.04. The average molecular weight is 467 g/mol. The number of amides is 2. The van der Waals surface area contributed by atoms with Gasteiger partial charge in [0.1, 0.15) is 22.2 Å². The molecule has 0 N–H and O–H groups in total. The van der Waals surface area contributed by atoms with Crippen molar-refractivity contribution in [3.05, 3.63) is 71.8 Å². The fourth-order valence-corrected chi connectivity index (χ4v) is 4.82. The van der Waals surface area contributed by atoms with Gasteiger partial charge in [0.25, 0.3) is 5.91 Å². The quantitative estimate of drug-likeness (QED) is 0.247. The van der Waals surface area contributed by atoms with Crippen LogP contribution in [0.15, 0.2) is 60.7 Å². The van der Waals surface area contributed by atoms with E-state index in [4.69, 9.17) is 0 Å². The highest BCUT2D eigenvalue weighted by atomic mass is 32.1. The lowest BCUT2D eigenvalue weighted by molar-refractivity contribution is -0.166. The topological polar surface area (TPSA) is 57.7 Å². The summed E-state index contributed by atoms with van der Waals surface area (Å²) < 4.78 is 11.5. The van der Waals surface area contributed by atoms with E-state index in [1.54, 1.807) is 0 Å². The number of aryl methyl sites for hydroxylation is 1. The molecular formula is C27H34N2O3S. The molecule has 0 aliphatic carbocycles. The van der Waals surface area contributed by atoms with E-state index in [1.807, 2.05) is 30.3 Å². The molecule has 176 valence electrons. The molecule has 1 saturated heterocycles. The second-order valence-electron chi connectivity index (χ2n) is 8.66. The van der Waals surface area contributed by atoms with Gasteiger partial charge in [-0.05, 0) is 30.4 Å². The maximum Gasteiger partial charge on any atom is 0.284 e. The van der Waals surface area contributed by atoms with E-state index in [9.17, 15) is 13.8 Å². The molecule has 6 heteroatoms. The molecule has 1 heterocycles. The van der Waals surface area contributed by atoms with E-state index in [1.165, 1.54) is 48.2 Å². The number of hydrazine groups is 1. The highest BCUT2D eigenvalue weighted by Gasteiger charge is 2.47. The Morgan fingerprint density at radius 1 is 0.848 bits per heavy atom. The first-order chi connectivity index (χ1) is 16.1. The summed E-state index contributed by atoms with van der Waals surface area (Å²) in [5.74, 6) is -0.484. The van der Waals surface area contributed by atoms with Crippen LogP contribution in [0.25, 0.3) is 0 Å². The van der Waals surface area contributed by atoms with E-state index >= 15 is 0 Å². The monoisotopic (exact) mass is 466 g/mol. The zero-order valence-electron chi connectivity index (χ0n) is 19.4. The Morgan fingerprint density at radius 3 is 1.97 bits per heavy atom. The van der Waals surface area contributed by atoms with E-state index in [2.05, 4.69) is 30.3 Å². The maximum atomic E-state index is 12.6. The van der Waals surface area contributed by atoms with Crippen molar-refractivity contribution >= 4 is 27.9 Å². The van der Waals surface area contributed by atoms with Crippen molar-refractivity contribution in [1.82, 2.24) is 10.0 Å². The van der Waals surface area contributed by atoms with Gasteiger partial charge in [-0.25, -0.2) is 9.22 Å². The number of hydrogen-bond donors (Lipinski definition) is 0. The van der Waals surface area contributed by atoms with Gasteiger partial charge in [0.2, 0.25) is 5.91 Å². The molecule has 5 nitrogen and oxygen atoms in total. The molecule has 1 fully saturated rings. The van der Waals surface area contributed by atoms with Gasteiger partial charge in [0, 0.05) is 19.9 Å². The fraction of sp³-hybridized carbons (Fsp3) is 0.444. The summed E-state index contributed by atoms with van der Waals surface area (Å²) in [6.07, 6.45) is 9.58. The minimum absolute atomic E-state index is 0.155. The molecule has 1 unspecified atom stereocenters. The van der Waals surface area contributed by atoms with Crippen LogP contribution in [0.3, 0.4) is 0 Å². The normalized spacial score (nSPS) is 15.3. The molecule has 1 aliphatic rings. The van der Waals surface area contributed by atoms with Crippen molar-refractivity contribution in [2.24, 2.45) is 0 Å². The number of nitrogens with zero attached hydrogens (tertiary/aromatic N) is 2. The number of unbranched alkanes of at least 4 members (excludes halogenated alkanes) is 6. The number of carbonyl (C=O) groups excluding carboxylic acids is 2. The molecule has 0 spiro atoms. The second kappa shape index (κ2) is 13.1. The molecule has 33 heavy (non-hydrogen) atoms. The average Bonchev–Trinajstić information content (AvgIpc) is 2.83. The Labute approximate surface area is 200 Å². The van der Waals surface area contributed by atoms with Crippen LogP contribution >= 0.6 is 0 Å². The number of benzene rings is 2. The highest BCUT2D eigenvalue weighted by molar-refractivity contribution is 7.69. The fourth-order valence-electron chi connectivity index (χ4n) is 4.36. The third kappa shape index (κ3) is 7.13. The third-order valence-corrected chi connectivity index (χ3v) is 6.81. The second-order valence-corrected chi connectivity index (χ2v) is 9.26. The Bertz CT molecular complexity index is 958. The molecule has 3 rings (SSSR count). The van der Waals surface area contributed by atoms with Crippen molar-refractivity contribution in [2.75, 3.05) is 6.54 Å². The maximum absolute atomic E-state index is 12.6. The van der Waals surface area contributed by atoms with Crippen molar-refractivity contribution in [2.45, 2.75) is 70.8 Å². The molecule has 1 aliphatic heterocycles. The van der Waals surface area contributed by atoms with Crippen LogP contribution in [0.4, 0.5) is 0 Å². The Balaban J connectivity index is 1.39. The minimum atomic E-state index is -0.351. The summed E-state index contributed by atoms with van der Waals surface area (Å²) in [5.41, 5.74) is 2.45. The molecule has 2 aromatic carbocycles. The van der Waals surface area contributed by atoms with E-state index < -0.39 is 0 Å². The lowest BCUT2D eigenvalue weighted by Crippen LogP contribution is -2.69. The van der Waals surface area contributed by atoms with E-state index in [0.717, 1.165) is 31.2 Å². The van der Waals surface area contributed by atoms with Gasteiger partial charge in [-0.3, -0.25) is 14.6 Å². The smallest absolute Gasteiger partial charge is 0.273 e. The van der Waals surface area contributed by atoms with Crippen molar-refractivity contribution in [3.8, 4) is 0 Å². The molecule has 0 aromatic heterocycles. The first-order valence-corrected chi connectivity index (χ1v) is 12.7. The van der Waals surface area contributed by atoms with Gasteiger partial charge in [0.05, 0.1) is 0 Å². The van der Waals surface area contributed by atoms with E-state index in [0.29, 0.717) is 17.8 Å². The summed E-state index contributed by atoms with van der Waals surface area (Å²) in [7, 11) is 0. The summed E-state index contributed by atoms with van der Waals surface area (Å²) in [6, 6.07) is 20.0. The zero-order chi connectivity index (χ0) is 23.5. The van der Waals surface area contributed by atoms with Gasteiger partial charge in [-0.1, -0.05) is 92.8 Å². The van der Waals surface area contributed by atoms with Gasteiger partial charge >= 0.3 is 0 Å². The highest BCUT2D eigenvalue weighted by Crippen LogP contribution is 2.24. The predicted octanol–water partition coefficient (Wildman–Crippen LogP) is 4.56. The third-order valence-electron chi connectivity index (χ3n) is 6.18. The molecule has 2 aromatic rings. The summed E-state index contributed by atoms with van der Waals surface area (Å²) >= 11 is 0.257. The number of carbonyl (C=O) groups is 2. The molecule has 1 atom stereocenters. The largest absolute Gasteiger partial charge is 0.284 e. The van der Waals surface area contributed by atoms with Crippen molar-refractivity contribution in [1.29, 1.82) is 0 Å². The Kier molecular flexibility index (Phi) is 9.88. The summed E-state index contributed by atoms with van der Waals surface area (Å²) in [6.45, 7) is 2.00. The lowest BCUT2D eigenvalue weighted by Gasteiger charge is -2.46. The van der Waals surface area contributed by atoms with Crippen LogP contribution in [0.5, 0.6) is 0 Å². The van der Waals surface area contributed by atoms with Crippen LogP contribution in [0.1, 0.15) is 63.0 Å². The number of hydrogen-bond acceptors (Lipinski definition) is 3. The standard InChI is InChI=1S/C27H34N2O3S/c1-22(30)28(20-14-6-4-2-3-5-9-15-23-16-10-7-11-17-23)29-25(26(33-32)27(29)31)21-24-18-12-8-13-19-24/h7-8,10-13,16-19,25H,2-6,9,14-15,20-21H2,1H3. The van der Waals surface area contributed by atoms with Crippen molar-refractivity contribution < 1.29 is 13.8 Å². The first kappa shape index (κ1) is 24.9. The van der Waals surface area contributed by atoms with Gasteiger partial charge in [0.15, 0.2) is 0 Å². The predicted molar refractivity (Wildman–Crippen MR) is 134 cm³/mol. The van der Waals surface area contributed by atoms with Gasteiger partial charge in [-0.15, -0.1) is 0 Å². The Hall–Kier alpha value is -2.73. The zero-order valence-corrected chi connectivity index (χ0v) is 20.3. The summed E-state index contributed by atoms with van der Waals surface area (Å²) in [4.78, 5) is 25.2. The van der Waals surface area contributed by atoms with Crippen LogP contribution in [-0.2, 0) is 33.7 Å². The van der Waals surface area contributed by atoms with Gasteiger partial charge < -0.3 is 0 Å². The number of β-lactam (4-membered cyclic amide) rings is 1. The Morgan fingerprint density at radius 2 is 1.39 bits per heavy atom. The van der Waals surface area contributed by atoms with Crippen LogP contribution in [0.2, 0.25) is 0 Å². The van der Waals surface area contributed by atoms with Crippen LogP contribution in [0, 0.1) is 0 Å². The van der Waals surface area contributed by atoms with Crippen LogP contribution in [-0.4, -0.2) is 43.5 Å². The molecular weight excluding hydrogens is 432 g/mol. The number of rotatable bonds is 13. The first-order valence-electron chi connectivity index (χ1n) is 12.0. The molecule has 0 radical (unpaired) electrons. The lowest BCUT2D eigenvalue weighted by atomic mass is 9.96.